The molecule has 1 aromatic carbocycles. The van der Waals surface area contributed by atoms with Gasteiger partial charge in [-0.1, -0.05) is 17.7 Å². The minimum atomic E-state index is -0.0648. The molecular formula is C22H19ClN2O2S2. The lowest BCUT2D eigenvalue weighted by Gasteiger charge is -2.35. The van der Waals surface area contributed by atoms with E-state index in [1.165, 1.54) is 15.3 Å². The van der Waals surface area contributed by atoms with Crippen molar-refractivity contribution >= 4 is 51.8 Å². The van der Waals surface area contributed by atoms with Gasteiger partial charge >= 0.3 is 0 Å². The number of hydrogen-bond donors (Lipinski definition) is 0. The Labute approximate surface area is 182 Å². The molecule has 0 saturated carbocycles. The van der Waals surface area contributed by atoms with Crippen molar-refractivity contribution in [3.05, 3.63) is 73.1 Å². The molecule has 29 heavy (non-hydrogen) atoms. The molecule has 1 unspecified atom stereocenters. The van der Waals surface area contributed by atoms with Gasteiger partial charge in [0, 0.05) is 34.8 Å². The highest BCUT2D eigenvalue weighted by Crippen LogP contribution is 2.40. The summed E-state index contributed by atoms with van der Waals surface area (Å²) in [6, 6.07) is 11.5. The van der Waals surface area contributed by atoms with Crippen molar-refractivity contribution in [2.45, 2.75) is 25.3 Å². The standard InChI is InChI=1S/C22H19ClN2O2S2/c23-16-6-5-14(13-17(16)24-9-1-4-20(24)26)22(27)25-10-7-18-15(8-12-29-18)21(25)19-3-2-11-28-19/h2-3,5-6,8,11-13,21H,1,4,7,9-10H2. The molecule has 2 aliphatic rings. The number of benzene rings is 1. The summed E-state index contributed by atoms with van der Waals surface area (Å²) in [6.07, 6.45) is 2.22. The summed E-state index contributed by atoms with van der Waals surface area (Å²) in [5.74, 6) is 0.0404. The number of thiophene rings is 2. The number of anilines is 1. The molecular weight excluding hydrogens is 424 g/mol. The van der Waals surface area contributed by atoms with E-state index in [0.29, 0.717) is 35.8 Å². The van der Waals surface area contributed by atoms with E-state index in [2.05, 4.69) is 22.9 Å². The van der Waals surface area contributed by atoms with Gasteiger partial charge in [0.2, 0.25) is 5.91 Å². The smallest absolute Gasteiger partial charge is 0.254 e. The molecule has 4 heterocycles. The van der Waals surface area contributed by atoms with E-state index in [9.17, 15) is 9.59 Å². The Balaban J connectivity index is 1.52. The first-order chi connectivity index (χ1) is 14.1. The Kier molecular flexibility index (Phi) is 4.94. The molecule has 3 aromatic rings. The maximum absolute atomic E-state index is 13.6. The van der Waals surface area contributed by atoms with Crippen molar-refractivity contribution in [2.75, 3.05) is 18.0 Å². The fraction of sp³-hybridized carbons (Fsp3) is 0.273. The first kappa shape index (κ1) is 18.9. The van der Waals surface area contributed by atoms with Gasteiger partial charge in [-0.2, -0.15) is 0 Å². The highest BCUT2D eigenvalue weighted by Gasteiger charge is 2.34. The van der Waals surface area contributed by atoms with E-state index in [0.717, 1.165) is 12.8 Å². The average molecular weight is 443 g/mol. The molecule has 148 valence electrons. The van der Waals surface area contributed by atoms with Crippen LogP contribution in [0.25, 0.3) is 0 Å². The molecule has 2 aliphatic heterocycles. The van der Waals surface area contributed by atoms with Crippen LogP contribution in [0.3, 0.4) is 0 Å². The zero-order valence-electron chi connectivity index (χ0n) is 15.6. The van der Waals surface area contributed by atoms with E-state index in [1.807, 2.05) is 11.0 Å². The monoisotopic (exact) mass is 442 g/mol. The number of carbonyl (C=O) groups is 2. The van der Waals surface area contributed by atoms with Crippen LogP contribution in [-0.2, 0) is 11.2 Å². The Morgan fingerprint density at radius 3 is 2.72 bits per heavy atom. The number of nitrogens with zero attached hydrogens (tertiary/aromatic N) is 2. The van der Waals surface area contributed by atoms with E-state index < -0.39 is 0 Å². The summed E-state index contributed by atoms with van der Waals surface area (Å²) < 4.78 is 0. The van der Waals surface area contributed by atoms with Crippen molar-refractivity contribution in [3.8, 4) is 0 Å². The number of carbonyl (C=O) groups excluding carboxylic acids is 2. The van der Waals surface area contributed by atoms with Crippen molar-refractivity contribution in [2.24, 2.45) is 0 Å². The maximum Gasteiger partial charge on any atom is 0.254 e. The molecule has 7 heteroatoms. The van der Waals surface area contributed by atoms with Crippen molar-refractivity contribution < 1.29 is 9.59 Å². The van der Waals surface area contributed by atoms with Crippen LogP contribution in [0.2, 0.25) is 5.02 Å². The lowest BCUT2D eigenvalue weighted by molar-refractivity contribution is -0.117. The third kappa shape index (κ3) is 3.29. The number of halogens is 1. The minimum absolute atomic E-state index is 0.0233. The van der Waals surface area contributed by atoms with Gasteiger partial charge in [-0.25, -0.2) is 0 Å². The normalized spacial score (nSPS) is 18.9. The van der Waals surface area contributed by atoms with Crippen molar-refractivity contribution in [3.63, 3.8) is 0 Å². The second kappa shape index (κ2) is 7.59. The van der Waals surface area contributed by atoms with Crippen LogP contribution in [0.4, 0.5) is 5.69 Å². The molecule has 0 aliphatic carbocycles. The predicted octanol–water partition coefficient (Wildman–Crippen LogP) is 5.38. The summed E-state index contributed by atoms with van der Waals surface area (Å²) in [5, 5.41) is 4.67. The maximum atomic E-state index is 13.6. The topological polar surface area (TPSA) is 40.6 Å². The molecule has 0 N–H and O–H groups in total. The number of hydrogen-bond acceptors (Lipinski definition) is 4. The Morgan fingerprint density at radius 1 is 1.07 bits per heavy atom. The molecule has 4 nitrogen and oxygen atoms in total. The first-order valence-electron chi connectivity index (χ1n) is 9.64. The van der Waals surface area contributed by atoms with E-state index >= 15 is 0 Å². The van der Waals surface area contributed by atoms with Gasteiger partial charge in [-0.15, -0.1) is 22.7 Å². The SMILES string of the molecule is O=C1CCCN1c1cc(C(=O)N2CCc3sccc3C2c2cccs2)ccc1Cl. The summed E-state index contributed by atoms with van der Waals surface area (Å²) in [4.78, 5) is 32.0. The van der Waals surface area contributed by atoms with Gasteiger partial charge in [-0.3, -0.25) is 9.59 Å². The second-order valence-electron chi connectivity index (χ2n) is 7.28. The van der Waals surface area contributed by atoms with E-state index in [-0.39, 0.29) is 17.9 Å². The Morgan fingerprint density at radius 2 is 1.97 bits per heavy atom. The van der Waals surface area contributed by atoms with Crippen LogP contribution >= 0.6 is 34.3 Å². The predicted molar refractivity (Wildman–Crippen MR) is 118 cm³/mol. The van der Waals surface area contributed by atoms with Crippen molar-refractivity contribution in [1.82, 2.24) is 4.90 Å². The van der Waals surface area contributed by atoms with Gasteiger partial charge in [0.05, 0.1) is 16.8 Å². The van der Waals surface area contributed by atoms with Crippen molar-refractivity contribution in [1.29, 1.82) is 0 Å². The highest BCUT2D eigenvalue weighted by molar-refractivity contribution is 7.10. The van der Waals surface area contributed by atoms with Gasteiger partial charge in [0.25, 0.3) is 5.91 Å². The summed E-state index contributed by atoms with van der Waals surface area (Å²) in [5.41, 5.74) is 2.44. The molecule has 5 rings (SSSR count). The summed E-state index contributed by atoms with van der Waals surface area (Å²) in [7, 11) is 0. The molecule has 1 saturated heterocycles. The zero-order valence-corrected chi connectivity index (χ0v) is 18.0. The molecule has 1 fully saturated rings. The average Bonchev–Trinajstić information content (AvgIpc) is 3.49. The molecule has 2 aromatic heterocycles. The fourth-order valence-electron chi connectivity index (χ4n) is 4.21. The molecule has 2 amide bonds. The van der Waals surface area contributed by atoms with Crippen LogP contribution in [-0.4, -0.2) is 29.8 Å². The Hall–Kier alpha value is -2.15. The zero-order chi connectivity index (χ0) is 20.0. The third-order valence-electron chi connectivity index (χ3n) is 5.60. The third-order valence-corrected chi connectivity index (χ3v) is 7.84. The largest absolute Gasteiger partial charge is 0.326 e. The van der Waals surface area contributed by atoms with Crippen LogP contribution in [0, 0.1) is 0 Å². The number of fused-ring (bicyclic) bond motifs is 1. The van der Waals surface area contributed by atoms with Crippen LogP contribution < -0.4 is 4.90 Å². The van der Waals surface area contributed by atoms with Gasteiger partial charge in [0.15, 0.2) is 0 Å². The van der Waals surface area contributed by atoms with Crippen LogP contribution in [0.5, 0.6) is 0 Å². The lowest BCUT2D eigenvalue weighted by atomic mass is 9.97. The highest BCUT2D eigenvalue weighted by atomic mass is 35.5. The summed E-state index contributed by atoms with van der Waals surface area (Å²) in [6.45, 7) is 1.32. The van der Waals surface area contributed by atoms with Gasteiger partial charge in [0.1, 0.15) is 0 Å². The minimum Gasteiger partial charge on any atom is -0.326 e. The summed E-state index contributed by atoms with van der Waals surface area (Å²) >= 11 is 9.82. The molecule has 1 atom stereocenters. The number of rotatable bonds is 3. The van der Waals surface area contributed by atoms with E-state index in [1.54, 1.807) is 45.8 Å². The molecule has 0 radical (unpaired) electrons. The quantitative estimate of drug-likeness (QED) is 0.546. The fourth-order valence-corrected chi connectivity index (χ4v) is 6.19. The van der Waals surface area contributed by atoms with E-state index in [4.69, 9.17) is 11.6 Å². The van der Waals surface area contributed by atoms with Gasteiger partial charge in [-0.05, 0) is 59.5 Å². The Bertz CT molecular complexity index is 1080. The molecule has 0 spiro atoms. The molecule has 0 bridgehead atoms. The number of amides is 2. The van der Waals surface area contributed by atoms with Crippen LogP contribution in [0.1, 0.15) is 44.6 Å². The van der Waals surface area contributed by atoms with Gasteiger partial charge < -0.3 is 9.80 Å². The second-order valence-corrected chi connectivity index (χ2v) is 9.67. The van der Waals surface area contributed by atoms with Crippen LogP contribution in [0.15, 0.2) is 47.2 Å². The first-order valence-corrected chi connectivity index (χ1v) is 11.8. The lowest BCUT2D eigenvalue weighted by Crippen LogP contribution is -2.39.